The number of hydrogen-bond acceptors (Lipinski definition) is 2. The molecule has 0 aromatic heterocycles. The van der Waals surface area contributed by atoms with E-state index in [1.54, 1.807) is 0 Å². The third kappa shape index (κ3) is 7.17. The van der Waals surface area contributed by atoms with E-state index >= 15 is 0 Å². The van der Waals surface area contributed by atoms with E-state index in [-0.39, 0.29) is 62.4 Å². The van der Waals surface area contributed by atoms with E-state index in [4.69, 9.17) is 92.8 Å². The third-order valence-corrected chi connectivity index (χ3v) is 7.42. The van der Waals surface area contributed by atoms with E-state index in [1.807, 2.05) is 0 Å². The highest BCUT2D eigenvalue weighted by Crippen LogP contribution is 2.37. The van der Waals surface area contributed by atoms with Gasteiger partial charge in [-0.25, -0.2) is 0 Å². The van der Waals surface area contributed by atoms with Crippen LogP contribution >= 0.6 is 92.8 Å². The van der Waals surface area contributed by atoms with Crippen LogP contribution in [0.4, 0.5) is 0 Å². The maximum atomic E-state index is 11.9. The second-order valence-electron chi connectivity index (χ2n) is 8.55. The Labute approximate surface area is 271 Å². The second kappa shape index (κ2) is 12.6. The molecular weight excluding hydrogens is 676 g/mol. The van der Waals surface area contributed by atoms with Crippen molar-refractivity contribution in [3.63, 3.8) is 0 Å². The average Bonchev–Trinajstić information content (AvgIpc) is 2.84. The molecule has 0 radical (unpaired) electrons. The predicted octanol–water partition coefficient (Wildman–Crippen LogP) is 10.1. The van der Waals surface area contributed by atoms with Crippen LogP contribution in [-0.4, -0.2) is 10.2 Å². The molecule has 202 valence electrons. The van der Waals surface area contributed by atoms with Crippen molar-refractivity contribution in [1.82, 2.24) is 0 Å². The van der Waals surface area contributed by atoms with Gasteiger partial charge in [-0.2, -0.15) is 0 Å². The molecule has 0 spiro atoms. The van der Waals surface area contributed by atoms with Gasteiger partial charge in [0.1, 0.15) is 0 Å². The number of benzene rings is 4. The summed E-state index contributed by atoms with van der Waals surface area (Å²) in [6.07, 6.45) is 0. The van der Waals surface area contributed by atoms with Gasteiger partial charge in [-0.05, 0) is 96.5 Å². The zero-order chi connectivity index (χ0) is 29.2. The summed E-state index contributed by atoms with van der Waals surface area (Å²) < 4.78 is 0. The molecule has 0 bridgehead atoms. The van der Waals surface area contributed by atoms with Gasteiger partial charge < -0.3 is 10.2 Å². The first-order valence-electron chi connectivity index (χ1n) is 11.1. The van der Waals surface area contributed by atoms with Crippen LogP contribution in [0.15, 0.2) is 72.8 Å². The van der Waals surface area contributed by atoms with E-state index in [2.05, 4.69) is 23.7 Å². The highest BCUT2D eigenvalue weighted by atomic mass is 35.5. The topological polar surface area (TPSA) is 40.5 Å². The summed E-state index contributed by atoms with van der Waals surface area (Å²) in [5.41, 5.74) is -3.00. The minimum Gasteiger partial charge on any atom is -0.369 e. The molecule has 2 nitrogen and oxygen atoms in total. The van der Waals surface area contributed by atoms with E-state index in [1.165, 1.54) is 72.8 Å². The predicted molar refractivity (Wildman–Crippen MR) is 167 cm³/mol. The molecule has 0 heterocycles. The Morgan fingerprint density at radius 1 is 0.350 bits per heavy atom. The molecule has 4 aromatic carbocycles. The van der Waals surface area contributed by atoms with Gasteiger partial charge in [0.15, 0.2) is 11.2 Å². The van der Waals surface area contributed by atoms with Crippen LogP contribution in [-0.2, 0) is 11.2 Å². The Bertz CT molecular complexity index is 1430. The van der Waals surface area contributed by atoms with Crippen molar-refractivity contribution in [2.75, 3.05) is 0 Å². The third-order valence-electron chi connectivity index (χ3n) is 5.67. The van der Waals surface area contributed by atoms with Crippen LogP contribution in [0.2, 0.25) is 40.2 Å². The normalized spacial score (nSPS) is 11.3. The number of rotatable bonds is 4. The fraction of sp³-hybridized carbons (Fsp3) is 0.0667. The van der Waals surface area contributed by atoms with Gasteiger partial charge in [0.2, 0.25) is 0 Å². The summed E-state index contributed by atoms with van der Waals surface area (Å²) in [5.74, 6) is 10.7. The number of hydrogen-bond donors (Lipinski definition) is 2. The lowest BCUT2D eigenvalue weighted by Crippen LogP contribution is -2.26. The smallest absolute Gasteiger partial charge is 0.178 e. The van der Waals surface area contributed by atoms with Gasteiger partial charge in [-0.1, -0.05) is 92.8 Å². The molecule has 0 amide bonds. The standard InChI is InChI=1S/C30H14Cl8O2/c31-21-5-17(6-22(32)13-21)29(39,18-7-23(33)14-24(34)8-18)3-1-2-4-30(40,19-9-25(35)15-26(36)10-19)20-11-27(37)16-28(38)12-20/h5-16,39-40H. The largest absolute Gasteiger partial charge is 0.369 e. The highest BCUT2D eigenvalue weighted by molar-refractivity contribution is 6.36. The molecule has 0 aliphatic carbocycles. The molecule has 0 aliphatic heterocycles. The van der Waals surface area contributed by atoms with Gasteiger partial charge in [0.25, 0.3) is 0 Å². The molecule has 0 saturated carbocycles. The lowest BCUT2D eigenvalue weighted by atomic mass is 9.86. The summed E-state index contributed by atoms with van der Waals surface area (Å²) in [7, 11) is 0. The molecular formula is C30H14Cl8O2. The van der Waals surface area contributed by atoms with Gasteiger partial charge in [0, 0.05) is 62.4 Å². The molecule has 0 unspecified atom stereocenters. The van der Waals surface area contributed by atoms with Crippen LogP contribution in [0, 0.1) is 23.7 Å². The molecule has 10 heteroatoms. The van der Waals surface area contributed by atoms with Crippen molar-refractivity contribution in [3.05, 3.63) is 135 Å². The summed E-state index contributed by atoms with van der Waals surface area (Å²) in [5, 5.41) is 25.9. The molecule has 0 atom stereocenters. The average molecular weight is 690 g/mol. The van der Waals surface area contributed by atoms with Crippen LogP contribution in [0.5, 0.6) is 0 Å². The molecule has 0 fully saturated rings. The number of halogens is 8. The number of aliphatic hydroxyl groups is 2. The lowest BCUT2D eigenvalue weighted by Gasteiger charge is -2.25. The van der Waals surface area contributed by atoms with Gasteiger partial charge >= 0.3 is 0 Å². The Balaban J connectivity index is 1.92. The Hall–Kier alpha value is -1.76. The fourth-order valence-electron chi connectivity index (χ4n) is 3.92. The van der Waals surface area contributed by atoms with Crippen LogP contribution in [0.3, 0.4) is 0 Å². The summed E-state index contributed by atoms with van der Waals surface area (Å²) in [6.45, 7) is 0. The van der Waals surface area contributed by atoms with E-state index in [0.29, 0.717) is 0 Å². The Morgan fingerprint density at radius 2 is 0.525 bits per heavy atom. The molecule has 4 rings (SSSR count). The van der Waals surface area contributed by atoms with Crippen molar-refractivity contribution in [1.29, 1.82) is 0 Å². The van der Waals surface area contributed by atoms with E-state index < -0.39 is 11.2 Å². The van der Waals surface area contributed by atoms with Gasteiger partial charge in [-0.15, -0.1) is 0 Å². The first-order valence-corrected chi connectivity index (χ1v) is 14.2. The minimum atomic E-state index is -1.99. The molecule has 40 heavy (non-hydrogen) atoms. The Kier molecular flexibility index (Phi) is 9.84. The SMILES string of the molecule is OC(C#CC#CC(O)(c1cc(Cl)cc(Cl)c1)c1cc(Cl)cc(Cl)c1)(c1cc(Cl)cc(Cl)c1)c1cc(Cl)cc(Cl)c1. The van der Waals surface area contributed by atoms with Crippen LogP contribution in [0.1, 0.15) is 22.3 Å². The first-order chi connectivity index (χ1) is 18.8. The van der Waals surface area contributed by atoms with E-state index in [9.17, 15) is 10.2 Å². The molecule has 2 N–H and O–H groups in total. The van der Waals surface area contributed by atoms with Crippen molar-refractivity contribution >= 4 is 92.8 Å². The first kappa shape index (κ1) is 31.2. The Morgan fingerprint density at radius 3 is 0.700 bits per heavy atom. The monoisotopic (exact) mass is 686 g/mol. The maximum absolute atomic E-state index is 11.9. The second-order valence-corrected chi connectivity index (χ2v) is 12.0. The van der Waals surface area contributed by atoms with Crippen molar-refractivity contribution in [3.8, 4) is 23.7 Å². The minimum absolute atomic E-state index is 0.246. The lowest BCUT2D eigenvalue weighted by molar-refractivity contribution is 0.144. The fourth-order valence-corrected chi connectivity index (χ4v) is 6.02. The highest BCUT2D eigenvalue weighted by Gasteiger charge is 2.33. The molecule has 4 aromatic rings. The maximum Gasteiger partial charge on any atom is 0.178 e. The van der Waals surface area contributed by atoms with Gasteiger partial charge in [0.05, 0.1) is 0 Å². The summed E-state index contributed by atoms with van der Waals surface area (Å²) in [4.78, 5) is 0. The van der Waals surface area contributed by atoms with Crippen molar-refractivity contribution in [2.45, 2.75) is 11.2 Å². The summed E-state index contributed by atoms with van der Waals surface area (Å²) >= 11 is 49.7. The van der Waals surface area contributed by atoms with Crippen molar-refractivity contribution in [2.24, 2.45) is 0 Å². The summed E-state index contributed by atoms with van der Waals surface area (Å²) in [6, 6.07) is 18.1. The molecule has 0 saturated heterocycles. The van der Waals surface area contributed by atoms with Gasteiger partial charge in [-0.3, -0.25) is 0 Å². The van der Waals surface area contributed by atoms with Crippen LogP contribution in [0.25, 0.3) is 0 Å². The van der Waals surface area contributed by atoms with E-state index in [0.717, 1.165) is 0 Å². The zero-order valence-electron chi connectivity index (χ0n) is 19.8. The van der Waals surface area contributed by atoms with Crippen LogP contribution < -0.4 is 0 Å². The van der Waals surface area contributed by atoms with Crippen molar-refractivity contribution < 1.29 is 10.2 Å². The molecule has 0 aliphatic rings. The quantitative estimate of drug-likeness (QED) is 0.210. The zero-order valence-corrected chi connectivity index (χ0v) is 25.9.